The number of pyridine rings is 1. The van der Waals surface area contributed by atoms with Gasteiger partial charge in [-0.05, 0) is 36.4 Å². The first-order valence-corrected chi connectivity index (χ1v) is 9.39. The van der Waals surface area contributed by atoms with Gasteiger partial charge >= 0.3 is 0 Å². The van der Waals surface area contributed by atoms with Gasteiger partial charge in [0.1, 0.15) is 12.4 Å². The molecule has 25 heavy (non-hydrogen) atoms. The zero-order chi connectivity index (χ0) is 17.3. The van der Waals surface area contributed by atoms with Gasteiger partial charge in [-0.3, -0.25) is 4.98 Å². The molecule has 0 N–H and O–H groups in total. The van der Waals surface area contributed by atoms with E-state index in [1.165, 1.54) is 0 Å². The van der Waals surface area contributed by atoms with E-state index in [0.29, 0.717) is 18.9 Å². The number of hydrogen-bond donors (Lipinski definition) is 0. The summed E-state index contributed by atoms with van der Waals surface area (Å²) in [5, 5.41) is 0. The monoisotopic (exact) mass is 352 g/mol. The highest BCUT2D eigenvalue weighted by atomic mass is 32.2. The molecule has 0 radical (unpaired) electrons. The summed E-state index contributed by atoms with van der Waals surface area (Å²) in [6, 6.07) is 17.3. The van der Waals surface area contributed by atoms with Crippen molar-refractivity contribution >= 4 is 21.2 Å². The normalized spacial score (nSPS) is 13.8. The number of rotatable bonds is 3. The van der Waals surface area contributed by atoms with Crippen molar-refractivity contribution in [2.75, 3.05) is 18.1 Å². The molecule has 0 amide bonds. The molecule has 0 saturated carbocycles. The molecule has 0 atom stereocenters. The summed E-state index contributed by atoms with van der Waals surface area (Å²) in [6.45, 7) is 1.19. The summed E-state index contributed by atoms with van der Waals surface area (Å²) in [6.07, 6.45) is 3.47. The molecule has 0 saturated heterocycles. The average Bonchev–Trinajstić information content (AvgIpc) is 2.68. The first kappa shape index (κ1) is 15.7. The number of nitrogens with zero attached hydrogens (tertiary/aromatic N) is 2. The van der Waals surface area contributed by atoms with Crippen LogP contribution in [0, 0.1) is 0 Å². The second-order valence-electron chi connectivity index (χ2n) is 5.65. The van der Waals surface area contributed by atoms with Crippen molar-refractivity contribution in [3.8, 4) is 5.75 Å². The van der Waals surface area contributed by atoms with Crippen LogP contribution in [0.2, 0.25) is 0 Å². The highest BCUT2D eigenvalue weighted by Gasteiger charge is 2.24. The summed E-state index contributed by atoms with van der Waals surface area (Å²) in [7, 11) is -3.56. The number of ether oxygens (including phenoxy) is 1. The Hall–Kier alpha value is -2.86. The Morgan fingerprint density at radius 3 is 2.44 bits per heavy atom. The van der Waals surface area contributed by atoms with Gasteiger partial charge in [-0.2, -0.15) is 0 Å². The number of hydrogen-bond acceptors (Lipinski definition) is 5. The lowest BCUT2D eigenvalue weighted by Gasteiger charge is -2.31. The van der Waals surface area contributed by atoms with Crippen molar-refractivity contribution in [1.29, 1.82) is 0 Å². The zero-order valence-corrected chi connectivity index (χ0v) is 14.2. The topological polar surface area (TPSA) is 59.5 Å². The molecule has 1 aromatic heterocycles. The van der Waals surface area contributed by atoms with E-state index in [4.69, 9.17) is 4.74 Å². The van der Waals surface area contributed by atoms with Crippen LogP contribution >= 0.6 is 0 Å². The van der Waals surface area contributed by atoms with Crippen molar-refractivity contribution in [1.82, 2.24) is 4.98 Å². The fraction of sp³-hybridized carbons (Fsp3) is 0.105. The van der Waals surface area contributed by atoms with Crippen LogP contribution in [0.5, 0.6) is 5.75 Å². The van der Waals surface area contributed by atoms with Gasteiger partial charge in [0.15, 0.2) is 0 Å². The highest BCUT2D eigenvalue weighted by Crippen LogP contribution is 2.38. The molecule has 4 rings (SSSR count). The van der Waals surface area contributed by atoms with E-state index >= 15 is 0 Å². The van der Waals surface area contributed by atoms with E-state index in [0.717, 1.165) is 11.4 Å². The fourth-order valence-corrected chi connectivity index (χ4v) is 4.19. The lowest BCUT2D eigenvalue weighted by Crippen LogP contribution is -2.28. The SMILES string of the molecule is O=S(=O)(c1ccccc1)c1ccc2c(c1)OCCN2c1ccncc1. The van der Waals surface area contributed by atoms with Crippen LogP contribution in [-0.4, -0.2) is 26.6 Å². The summed E-state index contributed by atoms with van der Waals surface area (Å²) < 4.78 is 31.3. The molecule has 3 aromatic rings. The molecular weight excluding hydrogens is 336 g/mol. The summed E-state index contributed by atoms with van der Waals surface area (Å²) in [5.74, 6) is 0.570. The van der Waals surface area contributed by atoms with Gasteiger partial charge < -0.3 is 9.64 Å². The molecule has 1 aliphatic rings. The minimum Gasteiger partial charge on any atom is -0.489 e. The number of fused-ring (bicyclic) bond motifs is 1. The van der Waals surface area contributed by atoms with Gasteiger partial charge in [0, 0.05) is 24.1 Å². The first-order chi connectivity index (χ1) is 12.2. The summed E-state index contributed by atoms with van der Waals surface area (Å²) in [4.78, 5) is 6.64. The Balaban J connectivity index is 1.76. The number of benzene rings is 2. The minimum absolute atomic E-state index is 0.231. The van der Waals surface area contributed by atoms with Crippen LogP contribution in [0.3, 0.4) is 0 Å². The maximum Gasteiger partial charge on any atom is 0.206 e. The molecule has 2 aromatic carbocycles. The largest absolute Gasteiger partial charge is 0.489 e. The molecular formula is C19H16N2O3S. The van der Waals surface area contributed by atoms with E-state index in [2.05, 4.69) is 9.88 Å². The zero-order valence-electron chi connectivity index (χ0n) is 13.4. The standard InChI is InChI=1S/C19H16N2O3S/c22-25(23,16-4-2-1-3-5-16)17-6-7-18-19(14-17)24-13-12-21(18)15-8-10-20-11-9-15/h1-11,14H,12-13H2. The van der Waals surface area contributed by atoms with Crippen molar-refractivity contribution < 1.29 is 13.2 Å². The van der Waals surface area contributed by atoms with Gasteiger partial charge in [-0.15, -0.1) is 0 Å². The van der Waals surface area contributed by atoms with E-state index in [9.17, 15) is 8.42 Å². The smallest absolute Gasteiger partial charge is 0.206 e. The lowest BCUT2D eigenvalue weighted by atomic mass is 10.2. The van der Waals surface area contributed by atoms with Crippen molar-refractivity contribution in [2.45, 2.75) is 9.79 Å². The third-order valence-electron chi connectivity index (χ3n) is 4.13. The van der Waals surface area contributed by atoms with Gasteiger partial charge in [-0.1, -0.05) is 18.2 Å². The Morgan fingerprint density at radius 2 is 1.68 bits per heavy atom. The lowest BCUT2D eigenvalue weighted by molar-refractivity contribution is 0.313. The molecule has 2 heterocycles. The quantitative estimate of drug-likeness (QED) is 0.723. The van der Waals surface area contributed by atoms with Crippen LogP contribution in [0.15, 0.2) is 82.8 Å². The molecule has 126 valence electrons. The summed E-state index contributed by atoms with van der Waals surface area (Å²) >= 11 is 0. The van der Waals surface area contributed by atoms with Gasteiger partial charge in [-0.25, -0.2) is 8.42 Å². The van der Waals surface area contributed by atoms with Crippen LogP contribution in [0.4, 0.5) is 11.4 Å². The maximum absolute atomic E-state index is 12.8. The predicted molar refractivity (Wildman–Crippen MR) is 95.1 cm³/mol. The third kappa shape index (κ3) is 2.85. The molecule has 6 heteroatoms. The van der Waals surface area contributed by atoms with E-state index in [-0.39, 0.29) is 9.79 Å². The molecule has 1 aliphatic heterocycles. The first-order valence-electron chi connectivity index (χ1n) is 7.91. The number of sulfone groups is 1. The van der Waals surface area contributed by atoms with Crippen LogP contribution in [-0.2, 0) is 9.84 Å². The van der Waals surface area contributed by atoms with Crippen LogP contribution in [0.1, 0.15) is 0 Å². The Labute approximate surface area is 146 Å². The van der Waals surface area contributed by atoms with Gasteiger partial charge in [0.25, 0.3) is 0 Å². The van der Waals surface area contributed by atoms with Crippen molar-refractivity contribution in [3.63, 3.8) is 0 Å². The van der Waals surface area contributed by atoms with E-state index in [1.807, 2.05) is 12.1 Å². The third-order valence-corrected chi connectivity index (χ3v) is 5.90. The van der Waals surface area contributed by atoms with E-state index in [1.54, 1.807) is 60.9 Å². The number of anilines is 2. The van der Waals surface area contributed by atoms with Gasteiger partial charge in [0.2, 0.25) is 9.84 Å². The molecule has 5 nitrogen and oxygen atoms in total. The second kappa shape index (κ2) is 6.22. The summed E-state index contributed by atoms with van der Waals surface area (Å²) in [5.41, 5.74) is 1.85. The second-order valence-corrected chi connectivity index (χ2v) is 7.60. The maximum atomic E-state index is 12.8. The molecule has 0 unspecified atom stereocenters. The Kier molecular flexibility index (Phi) is 3.89. The van der Waals surface area contributed by atoms with Crippen LogP contribution < -0.4 is 9.64 Å². The Bertz CT molecular complexity index is 990. The predicted octanol–water partition coefficient (Wildman–Crippen LogP) is 3.44. The molecule has 0 bridgehead atoms. The molecule has 0 fully saturated rings. The van der Waals surface area contributed by atoms with E-state index < -0.39 is 9.84 Å². The molecule has 0 aliphatic carbocycles. The molecule has 0 spiro atoms. The fourth-order valence-electron chi connectivity index (χ4n) is 2.90. The average molecular weight is 352 g/mol. The highest BCUT2D eigenvalue weighted by molar-refractivity contribution is 7.91. The minimum atomic E-state index is -3.56. The Morgan fingerprint density at radius 1 is 0.920 bits per heavy atom. The number of aromatic nitrogens is 1. The van der Waals surface area contributed by atoms with Crippen LogP contribution in [0.25, 0.3) is 0 Å². The van der Waals surface area contributed by atoms with Crippen molar-refractivity contribution in [3.05, 3.63) is 73.1 Å². The van der Waals surface area contributed by atoms with Crippen molar-refractivity contribution in [2.24, 2.45) is 0 Å². The van der Waals surface area contributed by atoms with Gasteiger partial charge in [0.05, 0.1) is 22.0 Å².